The van der Waals surface area contributed by atoms with Crippen LogP contribution in [0.2, 0.25) is 0 Å². The molecule has 2 unspecified atom stereocenters. The lowest BCUT2D eigenvalue weighted by Crippen LogP contribution is -2.56. The maximum Gasteiger partial charge on any atom is 0.326 e. The van der Waals surface area contributed by atoms with Gasteiger partial charge in [0.05, 0.1) is 4.87 Å². The Morgan fingerprint density at radius 2 is 2.10 bits per heavy atom. The summed E-state index contributed by atoms with van der Waals surface area (Å²) in [6, 6.07) is -1.54. The summed E-state index contributed by atoms with van der Waals surface area (Å²) in [5.74, 6) is -0.934. The molecule has 0 spiro atoms. The van der Waals surface area contributed by atoms with Gasteiger partial charge in [0.1, 0.15) is 12.1 Å². The fourth-order valence-corrected chi connectivity index (χ4v) is 4.33. The molecule has 2 aliphatic heterocycles. The van der Waals surface area contributed by atoms with Gasteiger partial charge < -0.3 is 15.3 Å². The molecule has 2 amide bonds. The van der Waals surface area contributed by atoms with Gasteiger partial charge in [0.2, 0.25) is 11.8 Å². The number of carboxylic acids is 1. The van der Waals surface area contributed by atoms with E-state index >= 15 is 0 Å². The lowest BCUT2D eigenvalue weighted by molar-refractivity contribution is -0.146. The number of nitrogens with one attached hydrogen (secondary N) is 1. The molecular formula is C14H22N2O4S. The van der Waals surface area contributed by atoms with Crippen molar-refractivity contribution in [2.45, 2.75) is 57.5 Å². The first kappa shape index (κ1) is 16.1. The van der Waals surface area contributed by atoms with E-state index in [1.807, 2.05) is 6.92 Å². The summed E-state index contributed by atoms with van der Waals surface area (Å²) in [5, 5.41) is 11.9. The zero-order chi connectivity index (χ0) is 16.0. The lowest BCUT2D eigenvalue weighted by Gasteiger charge is -2.32. The van der Waals surface area contributed by atoms with E-state index < -0.39 is 23.5 Å². The van der Waals surface area contributed by atoms with E-state index in [0.29, 0.717) is 12.2 Å². The van der Waals surface area contributed by atoms with Crippen LogP contribution in [0.25, 0.3) is 0 Å². The van der Waals surface area contributed by atoms with Gasteiger partial charge in [-0.1, -0.05) is 20.8 Å². The predicted molar refractivity (Wildman–Crippen MR) is 79.8 cm³/mol. The van der Waals surface area contributed by atoms with Crippen LogP contribution in [-0.2, 0) is 14.4 Å². The molecule has 7 heteroatoms. The summed E-state index contributed by atoms with van der Waals surface area (Å²) in [6.07, 6.45) is 1.19. The van der Waals surface area contributed by atoms with Crippen LogP contribution in [0.1, 0.15) is 40.5 Å². The predicted octanol–water partition coefficient (Wildman–Crippen LogP) is 1.06. The van der Waals surface area contributed by atoms with Gasteiger partial charge in [-0.05, 0) is 18.8 Å². The second kappa shape index (κ2) is 5.19. The molecule has 2 fully saturated rings. The highest BCUT2D eigenvalue weighted by atomic mass is 32.2. The van der Waals surface area contributed by atoms with Crippen LogP contribution in [0.5, 0.6) is 0 Å². The van der Waals surface area contributed by atoms with E-state index in [4.69, 9.17) is 0 Å². The van der Waals surface area contributed by atoms with Gasteiger partial charge in [0, 0.05) is 12.2 Å². The van der Waals surface area contributed by atoms with E-state index in [2.05, 4.69) is 5.32 Å². The molecule has 0 aromatic rings. The monoisotopic (exact) mass is 314 g/mol. The fraction of sp³-hybridized carbons (Fsp3) is 0.786. The number of thioether (sulfide) groups is 1. The molecule has 6 nitrogen and oxygen atoms in total. The number of carboxylic acid groups (broad SMARTS) is 1. The number of amides is 2. The molecule has 2 aliphatic rings. The van der Waals surface area contributed by atoms with Crippen molar-refractivity contribution in [2.75, 3.05) is 5.75 Å². The topological polar surface area (TPSA) is 86.7 Å². The Balaban J connectivity index is 2.14. The molecule has 0 saturated carbocycles. The highest BCUT2D eigenvalue weighted by Crippen LogP contribution is 2.47. The van der Waals surface area contributed by atoms with Crippen LogP contribution < -0.4 is 5.32 Å². The smallest absolute Gasteiger partial charge is 0.326 e. The number of fused-ring (bicyclic) bond motifs is 1. The average molecular weight is 314 g/mol. The third-order valence-corrected chi connectivity index (χ3v) is 5.65. The zero-order valence-corrected chi connectivity index (χ0v) is 13.6. The van der Waals surface area contributed by atoms with Gasteiger partial charge in [-0.25, -0.2) is 4.79 Å². The Kier molecular flexibility index (Phi) is 3.99. The van der Waals surface area contributed by atoms with Crippen molar-refractivity contribution >= 4 is 29.5 Å². The third-order valence-electron chi connectivity index (χ3n) is 4.15. The number of aliphatic carboxylic acids is 1. The highest BCUT2D eigenvalue weighted by Gasteiger charge is 2.53. The molecule has 118 valence electrons. The second-order valence-corrected chi connectivity index (χ2v) is 8.41. The van der Waals surface area contributed by atoms with E-state index in [-0.39, 0.29) is 16.7 Å². The molecule has 0 aromatic carbocycles. The van der Waals surface area contributed by atoms with E-state index in [1.165, 1.54) is 0 Å². The van der Waals surface area contributed by atoms with Crippen molar-refractivity contribution in [1.82, 2.24) is 10.2 Å². The maximum absolute atomic E-state index is 12.5. The Labute approximate surface area is 128 Å². The first-order valence-electron chi connectivity index (χ1n) is 7.05. The normalized spacial score (nSPS) is 30.2. The van der Waals surface area contributed by atoms with Crippen LogP contribution in [0, 0.1) is 5.41 Å². The van der Waals surface area contributed by atoms with Crippen LogP contribution in [0.15, 0.2) is 0 Å². The molecule has 0 bridgehead atoms. The zero-order valence-electron chi connectivity index (χ0n) is 12.8. The van der Waals surface area contributed by atoms with Gasteiger partial charge >= 0.3 is 5.97 Å². The average Bonchev–Trinajstić information content (AvgIpc) is 2.82. The SMILES string of the molecule is CC(C)(C)[C@H](NC(=O)C1CSC2(C)CCC(=O)N12)C(=O)O. The largest absolute Gasteiger partial charge is 0.480 e. The van der Waals surface area contributed by atoms with Crippen LogP contribution in [-0.4, -0.2) is 50.5 Å². The molecule has 2 rings (SSSR count). The van der Waals surface area contributed by atoms with Crippen LogP contribution in [0.4, 0.5) is 0 Å². The van der Waals surface area contributed by atoms with Crippen molar-refractivity contribution in [1.29, 1.82) is 0 Å². The number of hydrogen-bond donors (Lipinski definition) is 2. The summed E-state index contributed by atoms with van der Waals surface area (Å²) in [5.41, 5.74) is -0.592. The number of carbonyl (C=O) groups excluding carboxylic acids is 2. The summed E-state index contributed by atoms with van der Waals surface area (Å²) < 4.78 is 0. The maximum atomic E-state index is 12.5. The first-order chi connectivity index (χ1) is 9.56. The van der Waals surface area contributed by atoms with Crippen molar-refractivity contribution in [3.05, 3.63) is 0 Å². The van der Waals surface area contributed by atoms with Gasteiger partial charge in [-0.2, -0.15) is 0 Å². The van der Waals surface area contributed by atoms with Gasteiger partial charge in [-0.15, -0.1) is 11.8 Å². The number of rotatable bonds is 3. The Bertz CT molecular complexity index is 488. The van der Waals surface area contributed by atoms with E-state index in [0.717, 1.165) is 6.42 Å². The molecule has 2 saturated heterocycles. The lowest BCUT2D eigenvalue weighted by atomic mass is 9.86. The number of carbonyl (C=O) groups is 3. The Hall–Kier alpha value is -1.24. The van der Waals surface area contributed by atoms with Crippen LogP contribution in [0.3, 0.4) is 0 Å². The van der Waals surface area contributed by atoms with Crippen molar-refractivity contribution in [3.8, 4) is 0 Å². The van der Waals surface area contributed by atoms with E-state index in [9.17, 15) is 19.5 Å². The van der Waals surface area contributed by atoms with Crippen molar-refractivity contribution in [2.24, 2.45) is 5.41 Å². The molecule has 0 radical (unpaired) electrons. The van der Waals surface area contributed by atoms with Gasteiger partial charge in [0.15, 0.2) is 0 Å². The molecule has 2 heterocycles. The molecule has 3 atom stereocenters. The Morgan fingerprint density at radius 3 is 2.62 bits per heavy atom. The highest BCUT2D eigenvalue weighted by molar-refractivity contribution is 8.01. The fourth-order valence-electron chi connectivity index (χ4n) is 2.90. The minimum absolute atomic E-state index is 0.0229. The summed E-state index contributed by atoms with van der Waals surface area (Å²) >= 11 is 1.60. The minimum Gasteiger partial charge on any atom is -0.480 e. The number of nitrogens with zero attached hydrogens (tertiary/aromatic N) is 1. The standard InChI is InChI=1S/C14H22N2O4S/c1-13(2,3)10(12(19)20)15-11(18)8-7-21-14(4)6-5-9(17)16(8)14/h8,10H,5-7H2,1-4H3,(H,15,18)(H,19,20)/t8?,10-,14?/m1/s1. The van der Waals surface area contributed by atoms with Gasteiger partial charge in [-0.3, -0.25) is 9.59 Å². The van der Waals surface area contributed by atoms with Crippen LogP contribution >= 0.6 is 11.8 Å². The molecule has 0 aliphatic carbocycles. The second-order valence-electron chi connectivity index (χ2n) is 6.91. The summed E-state index contributed by atoms with van der Waals surface area (Å²) in [6.45, 7) is 7.26. The first-order valence-corrected chi connectivity index (χ1v) is 8.04. The Morgan fingerprint density at radius 1 is 1.48 bits per heavy atom. The quantitative estimate of drug-likeness (QED) is 0.813. The molecule has 2 N–H and O–H groups in total. The summed E-state index contributed by atoms with van der Waals surface area (Å²) in [7, 11) is 0. The van der Waals surface area contributed by atoms with Crippen molar-refractivity contribution in [3.63, 3.8) is 0 Å². The minimum atomic E-state index is -1.06. The number of hydrogen-bond acceptors (Lipinski definition) is 4. The summed E-state index contributed by atoms with van der Waals surface area (Å²) in [4.78, 5) is 37.1. The van der Waals surface area contributed by atoms with Gasteiger partial charge in [0.25, 0.3) is 0 Å². The molecule has 0 aromatic heterocycles. The molecular weight excluding hydrogens is 292 g/mol. The van der Waals surface area contributed by atoms with E-state index in [1.54, 1.807) is 37.4 Å². The third kappa shape index (κ3) is 2.88. The van der Waals surface area contributed by atoms with Crippen molar-refractivity contribution < 1.29 is 19.5 Å². The molecule has 21 heavy (non-hydrogen) atoms.